The molecule has 3 aromatic rings. The van der Waals surface area contributed by atoms with Crippen molar-refractivity contribution in [2.24, 2.45) is 0 Å². The molecule has 0 fully saturated rings. The van der Waals surface area contributed by atoms with Crippen LogP contribution in [0.5, 0.6) is 0 Å². The molecule has 0 unspecified atom stereocenters. The number of hydrogen-bond donors (Lipinski definition) is 0. The Morgan fingerprint density at radius 2 is 1.60 bits per heavy atom. The van der Waals surface area contributed by atoms with Crippen LogP contribution in [0, 0.1) is 0 Å². The second-order valence-corrected chi connectivity index (χ2v) is 8.25. The van der Waals surface area contributed by atoms with Crippen LogP contribution in [-0.4, -0.2) is 22.8 Å². The zero-order chi connectivity index (χ0) is 21.3. The Balaban J connectivity index is 1.46. The van der Waals surface area contributed by atoms with E-state index in [2.05, 4.69) is 0 Å². The van der Waals surface area contributed by atoms with E-state index in [9.17, 15) is 14.4 Å². The summed E-state index contributed by atoms with van der Waals surface area (Å²) in [4.78, 5) is 43.2. The van der Waals surface area contributed by atoms with Gasteiger partial charge in [0.05, 0.1) is 21.7 Å². The molecule has 0 saturated carbocycles. The first-order valence-corrected chi connectivity index (χ1v) is 10.5. The molecule has 5 nitrogen and oxygen atoms in total. The number of fused-ring (bicyclic) bond motifs is 1. The monoisotopic (exact) mass is 457 g/mol. The number of carbonyl (C=O) groups excluding carboxylic acids is 3. The molecule has 3 aromatic carbocycles. The first-order valence-electron chi connectivity index (χ1n) is 8.81. The number of rotatable bonds is 5. The molecule has 0 N–H and O–H groups in total. The highest BCUT2D eigenvalue weighted by Gasteiger charge is 2.38. The van der Waals surface area contributed by atoms with Gasteiger partial charge in [-0.25, -0.2) is 4.79 Å². The van der Waals surface area contributed by atoms with Gasteiger partial charge in [0.25, 0.3) is 11.8 Å². The van der Waals surface area contributed by atoms with Crippen LogP contribution in [-0.2, 0) is 10.6 Å². The lowest BCUT2D eigenvalue weighted by Crippen LogP contribution is -2.32. The van der Waals surface area contributed by atoms with Crippen LogP contribution in [0.1, 0.15) is 36.6 Å². The van der Waals surface area contributed by atoms with Crippen molar-refractivity contribution in [1.82, 2.24) is 5.06 Å². The van der Waals surface area contributed by atoms with E-state index in [-0.39, 0.29) is 16.7 Å². The lowest BCUT2D eigenvalue weighted by molar-refractivity contribution is -0.0584. The number of thioether (sulfide) groups is 1. The largest absolute Gasteiger partial charge is 0.363 e. The molecule has 0 spiro atoms. The van der Waals surface area contributed by atoms with Crippen molar-refractivity contribution in [2.75, 3.05) is 0 Å². The lowest BCUT2D eigenvalue weighted by Gasteiger charge is -2.13. The maximum atomic E-state index is 12.6. The zero-order valence-corrected chi connectivity index (χ0v) is 17.6. The Kier molecular flexibility index (Phi) is 5.81. The topological polar surface area (TPSA) is 63.7 Å². The van der Waals surface area contributed by atoms with E-state index in [0.717, 1.165) is 10.5 Å². The van der Waals surface area contributed by atoms with Gasteiger partial charge < -0.3 is 4.84 Å². The van der Waals surface area contributed by atoms with Gasteiger partial charge in [-0.05, 0) is 48.0 Å². The minimum Gasteiger partial charge on any atom is -0.324 e. The van der Waals surface area contributed by atoms with Crippen LogP contribution in [0.4, 0.5) is 0 Å². The van der Waals surface area contributed by atoms with E-state index in [4.69, 9.17) is 28.0 Å². The van der Waals surface area contributed by atoms with E-state index in [1.165, 1.54) is 23.9 Å². The van der Waals surface area contributed by atoms with Crippen LogP contribution in [0.15, 0.2) is 71.6 Å². The molecule has 0 saturated heterocycles. The molecular formula is C22H13Cl2NO4S. The van der Waals surface area contributed by atoms with Gasteiger partial charge in [0.1, 0.15) is 0 Å². The zero-order valence-electron chi connectivity index (χ0n) is 15.3. The molecule has 8 heteroatoms. The number of hydroxylamine groups is 2. The standard InChI is InChI=1S/C22H13Cl2NO4S/c23-15-8-9-18(24)19(11-15)30-12-13-4-3-5-14(10-13)22(28)29-25-20(26)16-6-1-2-7-17(16)21(25)27/h1-11H,12H2. The van der Waals surface area contributed by atoms with Crippen molar-refractivity contribution in [3.63, 3.8) is 0 Å². The molecule has 0 aromatic heterocycles. The van der Waals surface area contributed by atoms with Gasteiger partial charge >= 0.3 is 5.97 Å². The van der Waals surface area contributed by atoms with E-state index in [1.54, 1.807) is 48.5 Å². The quantitative estimate of drug-likeness (QED) is 0.365. The van der Waals surface area contributed by atoms with Gasteiger partial charge in [0.15, 0.2) is 0 Å². The van der Waals surface area contributed by atoms with E-state index >= 15 is 0 Å². The number of nitrogens with zero attached hydrogens (tertiary/aromatic N) is 1. The maximum Gasteiger partial charge on any atom is 0.363 e. The van der Waals surface area contributed by atoms with Crippen LogP contribution in [0.3, 0.4) is 0 Å². The number of carbonyl (C=O) groups is 3. The fraction of sp³-hybridized carbons (Fsp3) is 0.0455. The van der Waals surface area contributed by atoms with Gasteiger partial charge in [0.2, 0.25) is 0 Å². The summed E-state index contributed by atoms with van der Waals surface area (Å²) in [5, 5.41) is 1.67. The smallest absolute Gasteiger partial charge is 0.324 e. The fourth-order valence-electron chi connectivity index (χ4n) is 2.92. The summed E-state index contributed by atoms with van der Waals surface area (Å²) in [6, 6.07) is 18.3. The average molecular weight is 458 g/mol. The van der Waals surface area contributed by atoms with Gasteiger partial charge in [0, 0.05) is 15.7 Å². The Hall–Kier alpha value is -2.80. The fourth-order valence-corrected chi connectivity index (χ4v) is 4.36. The molecule has 150 valence electrons. The van der Waals surface area contributed by atoms with Gasteiger partial charge in [-0.2, -0.15) is 0 Å². The summed E-state index contributed by atoms with van der Waals surface area (Å²) in [5.41, 5.74) is 1.48. The predicted molar refractivity (Wildman–Crippen MR) is 115 cm³/mol. The van der Waals surface area contributed by atoms with Gasteiger partial charge in [-0.3, -0.25) is 9.59 Å². The second kappa shape index (κ2) is 8.52. The maximum absolute atomic E-state index is 12.6. The van der Waals surface area contributed by atoms with Crippen LogP contribution in [0.2, 0.25) is 10.0 Å². The Morgan fingerprint density at radius 1 is 0.900 bits per heavy atom. The lowest BCUT2D eigenvalue weighted by atomic mass is 10.1. The van der Waals surface area contributed by atoms with Crippen molar-refractivity contribution in [3.05, 3.63) is 99.0 Å². The summed E-state index contributed by atoms with van der Waals surface area (Å²) in [5.74, 6) is -1.58. The molecular weight excluding hydrogens is 445 g/mol. The van der Waals surface area contributed by atoms with E-state index in [0.29, 0.717) is 20.9 Å². The summed E-state index contributed by atoms with van der Waals surface area (Å²) < 4.78 is 0. The van der Waals surface area contributed by atoms with E-state index in [1.807, 2.05) is 6.07 Å². The third-order valence-corrected chi connectivity index (χ3v) is 6.18. The second-order valence-electron chi connectivity index (χ2n) is 6.39. The first kappa shape index (κ1) is 20.5. The van der Waals surface area contributed by atoms with Gasteiger partial charge in [-0.1, -0.05) is 52.5 Å². The highest BCUT2D eigenvalue weighted by Crippen LogP contribution is 2.32. The number of halogens is 2. The minimum absolute atomic E-state index is 0.207. The number of imide groups is 1. The molecule has 1 aliphatic rings. The van der Waals surface area contributed by atoms with Crippen molar-refractivity contribution >= 4 is 52.7 Å². The molecule has 4 rings (SSSR count). The van der Waals surface area contributed by atoms with Crippen molar-refractivity contribution in [1.29, 1.82) is 0 Å². The molecule has 30 heavy (non-hydrogen) atoms. The van der Waals surface area contributed by atoms with Crippen molar-refractivity contribution in [2.45, 2.75) is 10.6 Å². The Bertz CT molecular complexity index is 1150. The molecule has 2 amide bonds. The summed E-state index contributed by atoms with van der Waals surface area (Å²) in [6.45, 7) is 0. The van der Waals surface area contributed by atoms with Gasteiger partial charge in [-0.15, -0.1) is 11.8 Å². The number of benzene rings is 3. The molecule has 1 aliphatic heterocycles. The van der Waals surface area contributed by atoms with E-state index < -0.39 is 17.8 Å². The first-order chi connectivity index (χ1) is 14.4. The van der Waals surface area contributed by atoms with Crippen LogP contribution >= 0.6 is 35.0 Å². The Morgan fingerprint density at radius 3 is 2.30 bits per heavy atom. The summed E-state index contributed by atoms with van der Waals surface area (Å²) >= 11 is 13.7. The normalized spacial score (nSPS) is 12.8. The summed E-state index contributed by atoms with van der Waals surface area (Å²) in [7, 11) is 0. The molecule has 1 heterocycles. The average Bonchev–Trinajstić information content (AvgIpc) is 2.99. The number of amides is 2. The van der Waals surface area contributed by atoms with Crippen molar-refractivity contribution < 1.29 is 19.2 Å². The van der Waals surface area contributed by atoms with Crippen LogP contribution in [0.25, 0.3) is 0 Å². The van der Waals surface area contributed by atoms with Crippen molar-refractivity contribution in [3.8, 4) is 0 Å². The molecule has 0 atom stereocenters. The Labute approximate surface area is 186 Å². The molecule has 0 aliphatic carbocycles. The highest BCUT2D eigenvalue weighted by atomic mass is 35.5. The highest BCUT2D eigenvalue weighted by molar-refractivity contribution is 7.98. The summed E-state index contributed by atoms with van der Waals surface area (Å²) in [6.07, 6.45) is 0. The van der Waals surface area contributed by atoms with Crippen LogP contribution < -0.4 is 0 Å². The third kappa shape index (κ3) is 4.07. The molecule has 0 bridgehead atoms. The predicted octanol–water partition coefficient (Wildman–Crippen LogP) is 5.65. The molecule has 0 radical (unpaired) electrons. The third-order valence-electron chi connectivity index (χ3n) is 4.38. The SMILES string of the molecule is O=C(ON1C(=O)c2ccccc2C1=O)c1cccc(CSc2cc(Cl)ccc2Cl)c1. The minimum atomic E-state index is -0.794. The number of hydrogen-bond acceptors (Lipinski definition) is 5.